The minimum absolute atomic E-state index is 0.237. The van der Waals surface area contributed by atoms with Gasteiger partial charge in [-0.3, -0.25) is 9.59 Å². The van der Waals surface area contributed by atoms with Gasteiger partial charge in [-0.05, 0) is 48.0 Å². The highest BCUT2D eigenvalue weighted by molar-refractivity contribution is 6.31. The molecule has 148 valence electrons. The molecule has 0 bridgehead atoms. The third kappa shape index (κ3) is 3.59. The van der Waals surface area contributed by atoms with Crippen LogP contribution in [0.4, 0.5) is 5.69 Å². The van der Waals surface area contributed by atoms with Crippen LogP contribution in [0.3, 0.4) is 0 Å². The van der Waals surface area contributed by atoms with Crippen molar-refractivity contribution in [3.63, 3.8) is 0 Å². The standard InChI is InChI=1S/C23H20ClNO4/c1-15(26)14-23(28)20-13-18(24)7-9-21(20)25(22(23)27)10-11-29-19-8-6-16-4-2-3-5-17(16)12-19/h2-9,12-13,28H,10-11,14H2,1H3. The lowest BCUT2D eigenvalue weighted by molar-refractivity contribution is -0.141. The number of hydrogen-bond donors (Lipinski definition) is 1. The highest BCUT2D eigenvalue weighted by atomic mass is 35.5. The van der Waals surface area contributed by atoms with Gasteiger partial charge in [-0.1, -0.05) is 41.9 Å². The van der Waals surface area contributed by atoms with Gasteiger partial charge in [-0.25, -0.2) is 0 Å². The molecule has 3 aromatic carbocycles. The molecule has 0 saturated carbocycles. The summed E-state index contributed by atoms with van der Waals surface area (Å²) in [4.78, 5) is 26.1. The average Bonchev–Trinajstić information content (AvgIpc) is 2.89. The van der Waals surface area contributed by atoms with Crippen LogP contribution in [0.5, 0.6) is 5.75 Å². The van der Waals surface area contributed by atoms with Crippen molar-refractivity contribution in [2.45, 2.75) is 18.9 Å². The molecule has 0 fully saturated rings. The highest BCUT2D eigenvalue weighted by Gasteiger charge is 2.50. The van der Waals surface area contributed by atoms with Gasteiger partial charge < -0.3 is 14.7 Å². The SMILES string of the molecule is CC(=O)CC1(O)C(=O)N(CCOc2ccc3ccccc3c2)c2ccc(Cl)cc21. The Morgan fingerprint density at radius 3 is 2.62 bits per heavy atom. The number of halogens is 1. The van der Waals surface area contributed by atoms with Crippen LogP contribution >= 0.6 is 11.6 Å². The first kappa shape index (κ1) is 19.4. The molecular formula is C23H20ClNO4. The predicted octanol–water partition coefficient (Wildman–Crippen LogP) is 4.09. The molecule has 0 radical (unpaired) electrons. The molecular weight excluding hydrogens is 390 g/mol. The van der Waals surface area contributed by atoms with Crippen molar-refractivity contribution in [2.24, 2.45) is 0 Å². The minimum atomic E-state index is -1.89. The van der Waals surface area contributed by atoms with Gasteiger partial charge in [0.1, 0.15) is 18.1 Å². The Labute approximate surface area is 173 Å². The summed E-state index contributed by atoms with van der Waals surface area (Å²) in [6, 6.07) is 18.7. The van der Waals surface area contributed by atoms with E-state index in [1.807, 2.05) is 42.5 Å². The molecule has 6 heteroatoms. The van der Waals surface area contributed by atoms with E-state index in [1.165, 1.54) is 11.8 Å². The van der Waals surface area contributed by atoms with E-state index in [9.17, 15) is 14.7 Å². The van der Waals surface area contributed by atoms with Crippen LogP contribution in [-0.4, -0.2) is 29.9 Å². The monoisotopic (exact) mass is 409 g/mol. The van der Waals surface area contributed by atoms with E-state index in [2.05, 4.69) is 0 Å². The van der Waals surface area contributed by atoms with Crippen molar-refractivity contribution in [3.8, 4) is 5.75 Å². The van der Waals surface area contributed by atoms with Crippen molar-refractivity contribution in [1.29, 1.82) is 0 Å². The quantitative estimate of drug-likeness (QED) is 0.666. The first-order chi connectivity index (χ1) is 13.9. The third-order valence-corrected chi connectivity index (χ3v) is 5.34. The fourth-order valence-corrected chi connectivity index (χ4v) is 3.96. The number of fused-ring (bicyclic) bond motifs is 2. The Kier molecular flexibility index (Phi) is 5.03. The van der Waals surface area contributed by atoms with Gasteiger partial charge >= 0.3 is 0 Å². The summed E-state index contributed by atoms with van der Waals surface area (Å²) in [5.41, 5.74) is -0.990. The van der Waals surface area contributed by atoms with Gasteiger partial charge in [0.2, 0.25) is 0 Å². The van der Waals surface area contributed by atoms with E-state index < -0.39 is 11.5 Å². The van der Waals surface area contributed by atoms with Gasteiger partial charge in [-0.15, -0.1) is 0 Å². The number of anilines is 1. The molecule has 1 heterocycles. The number of carbonyl (C=O) groups excluding carboxylic acids is 2. The molecule has 1 atom stereocenters. The lowest BCUT2D eigenvalue weighted by Gasteiger charge is -2.22. The van der Waals surface area contributed by atoms with Gasteiger partial charge in [0, 0.05) is 17.0 Å². The van der Waals surface area contributed by atoms with Crippen molar-refractivity contribution in [3.05, 3.63) is 71.2 Å². The first-order valence-electron chi connectivity index (χ1n) is 9.34. The van der Waals surface area contributed by atoms with Crippen molar-refractivity contribution < 1.29 is 19.4 Å². The molecule has 1 unspecified atom stereocenters. The molecule has 3 aromatic rings. The topological polar surface area (TPSA) is 66.8 Å². The summed E-state index contributed by atoms with van der Waals surface area (Å²) in [5, 5.41) is 13.6. The number of Topliss-reactive ketones (excluding diaryl/α,β-unsaturated/α-hetero) is 1. The molecule has 1 N–H and O–H groups in total. The summed E-state index contributed by atoms with van der Waals surface area (Å²) in [7, 11) is 0. The summed E-state index contributed by atoms with van der Waals surface area (Å²) in [6.45, 7) is 1.82. The van der Waals surface area contributed by atoms with E-state index >= 15 is 0 Å². The van der Waals surface area contributed by atoms with Gasteiger partial charge in [0.15, 0.2) is 5.60 Å². The zero-order chi connectivity index (χ0) is 20.6. The second-order valence-corrected chi connectivity index (χ2v) is 7.65. The number of benzene rings is 3. The van der Waals surface area contributed by atoms with E-state index in [4.69, 9.17) is 16.3 Å². The van der Waals surface area contributed by atoms with Crippen LogP contribution in [0.1, 0.15) is 18.9 Å². The Morgan fingerprint density at radius 1 is 1.10 bits per heavy atom. The van der Waals surface area contributed by atoms with Crippen molar-refractivity contribution in [1.82, 2.24) is 0 Å². The molecule has 4 rings (SSSR count). The highest BCUT2D eigenvalue weighted by Crippen LogP contribution is 2.43. The minimum Gasteiger partial charge on any atom is -0.492 e. The number of ether oxygens (including phenoxy) is 1. The van der Waals surface area contributed by atoms with Crippen LogP contribution in [0.2, 0.25) is 5.02 Å². The number of hydrogen-bond acceptors (Lipinski definition) is 4. The zero-order valence-corrected chi connectivity index (χ0v) is 16.6. The number of aliphatic hydroxyl groups is 1. The van der Waals surface area contributed by atoms with Crippen LogP contribution in [-0.2, 0) is 15.2 Å². The van der Waals surface area contributed by atoms with Gasteiger partial charge in [-0.2, -0.15) is 0 Å². The Bertz CT molecular complexity index is 1110. The molecule has 29 heavy (non-hydrogen) atoms. The summed E-state index contributed by atoms with van der Waals surface area (Å²) >= 11 is 6.06. The Morgan fingerprint density at radius 2 is 1.86 bits per heavy atom. The van der Waals surface area contributed by atoms with Crippen molar-refractivity contribution >= 4 is 39.8 Å². The van der Waals surface area contributed by atoms with E-state index in [1.54, 1.807) is 18.2 Å². The van der Waals surface area contributed by atoms with E-state index in [0.717, 1.165) is 10.8 Å². The van der Waals surface area contributed by atoms with E-state index in [0.29, 0.717) is 22.0 Å². The zero-order valence-electron chi connectivity index (χ0n) is 15.9. The Balaban J connectivity index is 1.53. The molecule has 1 aliphatic heterocycles. The smallest absolute Gasteiger partial charge is 0.264 e. The number of nitrogens with zero attached hydrogens (tertiary/aromatic N) is 1. The average molecular weight is 410 g/mol. The lowest BCUT2D eigenvalue weighted by Crippen LogP contribution is -2.43. The number of carbonyl (C=O) groups is 2. The number of ketones is 1. The molecule has 1 aliphatic rings. The van der Waals surface area contributed by atoms with Crippen molar-refractivity contribution in [2.75, 3.05) is 18.1 Å². The summed E-state index contributed by atoms with van der Waals surface area (Å²) < 4.78 is 5.84. The largest absolute Gasteiger partial charge is 0.492 e. The molecule has 1 amide bonds. The molecule has 0 saturated heterocycles. The molecule has 5 nitrogen and oxygen atoms in total. The number of amides is 1. The van der Waals surface area contributed by atoms with E-state index in [-0.39, 0.29) is 25.4 Å². The molecule has 0 aliphatic carbocycles. The molecule has 0 spiro atoms. The van der Waals surface area contributed by atoms with Crippen LogP contribution in [0, 0.1) is 0 Å². The van der Waals surface area contributed by atoms with Gasteiger partial charge in [0.25, 0.3) is 5.91 Å². The molecule has 0 aromatic heterocycles. The maximum Gasteiger partial charge on any atom is 0.264 e. The summed E-state index contributed by atoms with van der Waals surface area (Å²) in [5.74, 6) is -0.112. The Hall–Kier alpha value is -2.89. The fraction of sp³-hybridized carbons (Fsp3) is 0.217. The van der Waals surface area contributed by atoms with Crippen LogP contribution in [0.25, 0.3) is 10.8 Å². The normalized spacial score (nSPS) is 18.2. The number of rotatable bonds is 6. The lowest BCUT2D eigenvalue weighted by atomic mass is 9.90. The maximum atomic E-state index is 13.0. The predicted molar refractivity (Wildman–Crippen MR) is 112 cm³/mol. The first-order valence-corrected chi connectivity index (χ1v) is 9.72. The second kappa shape index (κ2) is 7.50. The van der Waals surface area contributed by atoms with Gasteiger partial charge in [0.05, 0.1) is 12.2 Å². The van der Waals surface area contributed by atoms with Crippen LogP contribution in [0.15, 0.2) is 60.7 Å². The summed E-state index contributed by atoms with van der Waals surface area (Å²) in [6.07, 6.45) is -0.290. The third-order valence-electron chi connectivity index (χ3n) is 5.10. The second-order valence-electron chi connectivity index (χ2n) is 7.21. The van der Waals surface area contributed by atoms with Crippen LogP contribution < -0.4 is 9.64 Å². The maximum absolute atomic E-state index is 13.0. The fourth-order valence-electron chi connectivity index (χ4n) is 3.79.